The zero-order valence-electron chi connectivity index (χ0n) is 13.6. The van der Waals surface area contributed by atoms with Gasteiger partial charge in [0, 0.05) is 22.9 Å². The Morgan fingerprint density at radius 3 is 2.80 bits per heavy atom. The molecule has 3 rings (SSSR count). The molecule has 0 bridgehead atoms. The molecule has 2 aromatic rings. The van der Waals surface area contributed by atoms with E-state index in [0.29, 0.717) is 34.9 Å². The Balaban J connectivity index is 1.63. The molecular formula is C18H17ClFN3O2. The number of hydrogen-bond donors (Lipinski definition) is 2. The van der Waals surface area contributed by atoms with Crippen LogP contribution in [0.5, 0.6) is 0 Å². The van der Waals surface area contributed by atoms with Crippen molar-refractivity contribution < 1.29 is 14.0 Å². The molecule has 1 fully saturated rings. The lowest BCUT2D eigenvalue weighted by atomic mass is 10.2. The number of nitrogens with zero attached hydrogens (tertiary/aromatic N) is 1. The molecule has 2 N–H and O–H groups in total. The number of carbonyl (C=O) groups is 2. The van der Waals surface area contributed by atoms with Gasteiger partial charge in [0.05, 0.1) is 0 Å². The highest BCUT2D eigenvalue weighted by atomic mass is 35.5. The summed E-state index contributed by atoms with van der Waals surface area (Å²) >= 11 is 5.87. The van der Waals surface area contributed by atoms with E-state index in [9.17, 15) is 14.0 Å². The van der Waals surface area contributed by atoms with Gasteiger partial charge in [0.15, 0.2) is 0 Å². The number of benzene rings is 2. The summed E-state index contributed by atoms with van der Waals surface area (Å²) in [5.74, 6) is -0.529. The number of anilines is 2. The Morgan fingerprint density at radius 2 is 2.08 bits per heavy atom. The Labute approximate surface area is 149 Å². The van der Waals surface area contributed by atoms with Gasteiger partial charge in [0.2, 0.25) is 5.91 Å². The molecule has 1 heterocycles. The molecule has 0 aromatic heterocycles. The first-order valence-electron chi connectivity index (χ1n) is 7.84. The molecule has 0 saturated carbocycles. The number of carbonyl (C=O) groups excluding carboxylic acids is 2. The number of nitrogens with one attached hydrogen (secondary N) is 2. The van der Waals surface area contributed by atoms with Crippen LogP contribution in [0.1, 0.15) is 12.0 Å². The second kappa shape index (κ2) is 7.11. The lowest BCUT2D eigenvalue weighted by Gasteiger charge is -2.18. The molecule has 0 aliphatic carbocycles. The van der Waals surface area contributed by atoms with Gasteiger partial charge in [0.1, 0.15) is 11.9 Å². The van der Waals surface area contributed by atoms with Crippen molar-refractivity contribution in [3.63, 3.8) is 0 Å². The Hall–Kier alpha value is -2.60. The van der Waals surface area contributed by atoms with Crippen molar-refractivity contribution in [2.45, 2.75) is 19.4 Å². The van der Waals surface area contributed by atoms with Gasteiger partial charge in [-0.15, -0.1) is 0 Å². The van der Waals surface area contributed by atoms with Crippen LogP contribution in [0.2, 0.25) is 5.02 Å². The molecule has 2 aromatic carbocycles. The van der Waals surface area contributed by atoms with Gasteiger partial charge < -0.3 is 15.5 Å². The third-order valence-electron chi connectivity index (χ3n) is 4.05. The third-order valence-corrected chi connectivity index (χ3v) is 4.28. The predicted molar refractivity (Wildman–Crippen MR) is 95.5 cm³/mol. The molecular weight excluding hydrogens is 345 g/mol. The van der Waals surface area contributed by atoms with E-state index in [2.05, 4.69) is 10.6 Å². The van der Waals surface area contributed by atoms with Crippen LogP contribution in [-0.4, -0.2) is 24.5 Å². The fourth-order valence-corrected chi connectivity index (χ4v) is 2.95. The molecule has 130 valence electrons. The number of aryl methyl sites for hydroxylation is 1. The van der Waals surface area contributed by atoms with E-state index < -0.39 is 12.1 Å². The lowest BCUT2D eigenvalue weighted by molar-refractivity contribution is -0.118. The molecule has 0 spiro atoms. The van der Waals surface area contributed by atoms with Crippen LogP contribution in [0, 0.1) is 12.7 Å². The Morgan fingerprint density at radius 1 is 1.28 bits per heavy atom. The molecule has 0 radical (unpaired) electrons. The first-order chi connectivity index (χ1) is 11.9. The van der Waals surface area contributed by atoms with E-state index in [1.54, 1.807) is 48.2 Å². The summed E-state index contributed by atoms with van der Waals surface area (Å²) in [5.41, 5.74) is 1.64. The van der Waals surface area contributed by atoms with Crippen molar-refractivity contribution in [2.24, 2.45) is 0 Å². The summed E-state index contributed by atoms with van der Waals surface area (Å²) in [6.07, 6.45) is 0.484. The average Bonchev–Trinajstić information content (AvgIpc) is 2.91. The first-order valence-corrected chi connectivity index (χ1v) is 8.22. The van der Waals surface area contributed by atoms with Gasteiger partial charge in [-0.1, -0.05) is 17.7 Å². The molecule has 5 nitrogen and oxygen atoms in total. The molecule has 25 heavy (non-hydrogen) atoms. The molecule has 1 aliphatic rings. The second-order valence-electron chi connectivity index (χ2n) is 5.87. The van der Waals surface area contributed by atoms with E-state index in [1.165, 1.54) is 6.07 Å². The number of amides is 3. The first kappa shape index (κ1) is 17.2. The van der Waals surface area contributed by atoms with E-state index in [0.717, 1.165) is 0 Å². The number of hydrogen-bond acceptors (Lipinski definition) is 2. The molecule has 3 amide bonds. The standard InChI is InChI=1S/C18H17ClFN3O2/c1-11-9-14(5-6-15(11)20)23-8-7-16(17(23)24)22-18(25)21-13-4-2-3-12(19)10-13/h2-6,9-10,16H,7-8H2,1H3,(H2,21,22,25)/t16-/m1/s1. The minimum atomic E-state index is -0.621. The van der Waals surface area contributed by atoms with Crippen LogP contribution in [-0.2, 0) is 4.79 Å². The zero-order valence-corrected chi connectivity index (χ0v) is 14.3. The summed E-state index contributed by atoms with van der Waals surface area (Å²) < 4.78 is 13.4. The molecule has 0 unspecified atom stereocenters. The predicted octanol–water partition coefficient (Wildman–Crippen LogP) is 3.71. The van der Waals surface area contributed by atoms with Crippen molar-refractivity contribution in [1.29, 1.82) is 0 Å². The largest absolute Gasteiger partial charge is 0.326 e. The molecule has 7 heteroatoms. The topological polar surface area (TPSA) is 61.4 Å². The van der Waals surface area contributed by atoms with Crippen molar-refractivity contribution in [3.8, 4) is 0 Å². The summed E-state index contributed by atoms with van der Waals surface area (Å²) in [6.45, 7) is 2.11. The summed E-state index contributed by atoms with van der Waals surface area (Å²) in [7, 11) is 0. The second-order valence-corrected chi connectivity index (χ2v) is 6.31. The third kappa shape index (κ3) is 3.91. The van der Waals surface area contributed by atoms with Gasteiger partial charge in [-0.3, -0.25) is 4.79 Å². The number of urea groups is 1. The van der Waals surface area contributed by atoms with Crippen LogP contribution < -0.4 is 15.5 Å². The average molecular weight is 362 g/mol. The van der Waals surface area contributed by atoms with Crippen LogP contribution in [0.25, 0.3) is 0 Å². The maximum Gasteiger partial charge on any atom is 0.319 e. The zero-order chi connectivity index (χ0) is 18.0. The van der Waals surface area contributed by atoms with Gasteiger partial charge in [-0.05, 0) is 55.3 Å². The summed E-state index contributed by atoms with van der Waals surface area (Å²) in [4.78, 5) is 26.1. The maximum absolute atomic E-state index is 13.4. The van der Waals surface area contributed by atoms with Gasteiger partial charge in [0.25, 0.3) is 0 Å². The van der Waals surface area contributed by atoms with E-state index in [4.69, 9.17) is 11.6 Å². The van der Waals surface area contributed by atoms with Crippen molar-refractivity contribution >= 4 is 34.9 Å². The lowest BCUT2D eigenvalue weighted by Crippen LogP contribution is -2.43. The highest BCUT2D eigenvalue weighted by Crippen LogP contribution is 2.24. The van der Waals surface area contributed by atoms with Crippen molar-refractivity contribution in [2.75, 3.05) is 16.8 Å². The molecule has 1 saturated heterocycles. The van der Waals surface area contributed by atoms with Crippen LogP contribution in [0.4, 0.5) is 20.6 Å². The van der Waals surface area contributed by atoms with Gasteiger partial charge in [-0.25, -0.2) is 9.18 Å². The smallest absolute Gasteiger partial charge is 0.319 e. The van der Waals surface area contributed by atoms with Crippen LogP contribution in [0.15, 0.2) is 42.5 Å². The number of rotatable bonds is 3. The van der Waals surface area contributed by atoms with Crippen LogP contribution in [0.3, 0.4) is 0 Å². The minimum Gasteiger partial charge on any atom is -0.326 e. The van der Waals surface area contributed by atoms with Crippen molar-refractivity contribution in [3.05, 3.63) is 58.9 Å². The highest BCUT2D eigenvalue weighted by Gasteiger charge is 2.33. The van der Waals surface area contributed by atoms with Crippen LogP contribution >= 0.6 is 11.6 Å². The molecule has 1 aliphatic heterocycles. The molecule has 1 atom stereocenters. The van der Waals surface area contributed by atoms with E-state index in [1.807, 2.05) is 0 Å². The Kier molecular flexibility index (Phi) is 4.90. The fraction of sp³-hybridized carbons (Fsp3) is 0.222. The fourth-order valence-electron chi connectivity index (χ4n) is 2.76. The normalized spacial score (nSPS) is 16.8. The summed E-state index contributed by atoms with van der Waals surface area (Å²) in [6, 6.07) is 10.2. The van der Waals surface area contributed by atoms with Gasteiger partial charge in [-0.2, -0.15) is 0 Å². The number of halogens is 2. The summed E-state index contributed by atoms with van der Waals surface area (Å²) in [5, 5.41) is 5.82. The van der Waals surface area contributed by atoms with Crippen molar-refractivity contribution in [1.82, 2.24) is 5.32 Å². The minimum absolute atomic E-state index is 0.216. The quantitative estimate of drug-likeness (QED) is 0.875. The van der Waals surface area contributed by atoms with E-state index >= 15 is 0 Å². The van der Waals surface area contributed by atoms with E-state index in [-0.39, 0.29) is 11.7 Å². The maximum atomic E-state index is 13.4. The van der Waals surface area contributed by atoms with Gasteiger partial charge >= 0.3 is 6.03 Å². The highest BCUT2D eigenvalue weighted by molar-refractivity contribution is 6.30. The monoisotopic (exact) mass is 361 g/mol. The Bertz CT molecular complexity index is 828. The SMILES string of the molecule is Cc1cc(N2CC[C@@H](NC(=O)Nc3cccc(Cl)c3)C2=O)ccc1F.